The monoisotopic (exact) mass is 279 g/mol. The van der Waals surface area contributed by atoms with Crippen molar-refractivity contribution in [1.29, 1.82) is 0 Å². The molecule has 0 aliphatic heterocycles. The third-order valence-electron chi connectivity index (χ3n) is 3.19. The first-order valence-electron chi connectivity index (χ1n) is 6.95. The summed E-state index contributed by atoms with van der Waals surface area (Å²) >= 11 is 0. The van der Waals surface area contributed by atoms with E-state index >= 15 is 0 Å². The highest BCUT2D eigenvalue weighted by atomic mass is 16.5. The molecule has 1 unspecified atom stereocenters. The topological polar surface area (TPSA) is 61.0 Å². The number of para-hydroxylation sites is 1. The van der Waals surface area contributed by atoms with Crippen molar-refractivity contribution in [2.75, 3.05) is 0 Å². The maximum Gasteiger partial charge on any atom is 0.222 e. The first-order chi connectivity index (χ1) is 10.2. The predicted molar refractivity (Wildman–Crippen MR) is 83.4 cm³/mol. The Bertz CT molecular complexity index is 750. The smallest absolute Gasteiger partial charge is 0.222 e. The van der Waals surface area contributed by atoms with E-state index in [9.17, 15) is 0 Å². The number of hydrogen-bond donors (Lipinski definition) is 1. The van der Waals surface area contributed by atoms with Gasteiger partial charge in [0, 0.05) is 29.4 Å². The summed E-state index contributed by atoms with van der Waals surface area (Å²) in [4.78, 5) is 8.72. The molecule has 3 aromatic rings. The van der Waals surface area contributed by atoms with E-state index in [0.717, 1.165) is 22.9 Å². The number of pyridine rings is 2. The summed E-state index contributed by atoms with van der Waals surface area (Å²) in [6.45, 7) is 1.97. The van der Waals surface area contributed by atoms with Crippen LogP contribution in [0, 0.1) is 0 Å². The number of rotatable bonds is 4. The lowest BCUT2D eigenvalue weighted by molar-refractivity contribution is 0.458. The van der Waals surface area contributed by atoms with E-state index in [1.165, 1.54) is 0 Å². The zero-order valence-corrected chi connectivity index (χ0v) is 11.9. The van der Waals surface area contributed by atoms with Crippen molar-refractivity contribution in [2.45, 2.75) is 19.4 Å². The molecule has 0 saturated heterocycles. The van der Waals surface area contributed by atoms with Crippen LogP contribution in [0.3, 0.4) is 0 Å². The Balaban J connectivity index is 1.99. The Hall–Kier alpha value is -2.46. The predicted octanol–water partition coefficient (Wildman–Crippen LogP) is 3.31. The van der Waals surface area contributed by atoms with Gasteiger partial charge in [0.1, 0.15) is 5.52 Å². The van der Waals surface area contributed by atoms with Crippen LogP contribution in [-0.4, -0.2) is 16.0 Å². The quantitative estimate of drug-likeness (QED) is 0.796. The maximum atomic E-state index is 5.99. The number of aromatic nitrogens is 2. The fourth-order valence-electron chi connectivity index (χ4n) is 2.28. The summed E-state index contributed by atoms with van der Waals surface area (Å²) in [6.07, 6.45) is 4.20. The largest absolute Gasteiger partial charge is 0.436 e. The highest BCUT2D eigenvalue weighted by Gasteiger charge is 2.10. The average Bonchev–Trinajstić information content (AvgIpc) is 2.49. The fourth-order valence-corrected chi connectivity index (χ4v) is 2.28. The molecule has 2 aromatic heterocycles. The summed E-state index contributed by atoms with van der Waals surface area (Å²) < 4.78 is 5.99. The summed E-state index contributed by atoms with van der Waals surface area (Å²) in [6, 6.07) is 13.7. The van der Waals surface area contributed by atoms with E-state index in [4.69, 9.17) is 10.5 Å². The number of nitrogens with two attached hydrogens (primary N) is 1. The second-order valence-corrected chi connectivity index (χ2v) is 5.08. The summed E-state index contributed by atoms with van der Waals surface area (Å²) in [5.41, 5.74) is 7.71. The van der Waals surface area contributed by atoms with Gasteiger partial charge in [0.05, 0.1) is 0 Å². The maximum absolute atomic E-state index is 5.99. The van der Waals surface area contributed by atoms with Crippen LogP contribution in [0.4, 0.5) is 0 Å². The van der Waals surface area contributed by atoms with Crippen LogP contribution in [0.15, 0.2) is 54.9 Å². The van der Waals surface area contributed by atoms with E-state index in [0.29, 0.717) is 11.6 Å². The lowest BCUT2D eigenvalue weighted by Crippen LogP contribution is -2.18. The minimum absolute atomic E-state index is 0.0576. The van der Waals surface area contributed by atoms with Gasteiger partial charge in [-0.05, 0) is 31.5 Å². The van der Waals surface area contributed by atoms with Crippen molar-refractivity contribution in [3.05, 3.63) is 60.4 Å². The molecule has 0 amide bonds. The highest BCUT2D eigenvalue weighted by molar-refractivity contribution is 5.84. The molecule has 0 spiro atoms. The van der Waals surface area contributed by atoms with Crippen LogP contribution < -0.4 is 10.5 Å². The number of benzene rings is 1. The molecular weight excluding hydrogens is 262 g/mol. The van der Waals surface area contributed by atoms with E-state index < -0.39 is 0 Å². The zero-order valence-electron chi connectivity index (χ0n) is 11.9. The molecule has 1 aromatic carbocycles. The SMILES string of the molecule is CC(N)Cc1cccnc1Oc1cccc2cccnc12. The van der Waals surface area contributed by atoms with Gasteiger partial charge in [-0.3, -0.25) is 4.98 Å². The number of nitrogens with zero attached hydrogens (tertiary/aromatic N) is 2. The van der Waals surface area contributed by atoms with Crippen LogP contribution in [0.25, 0.3) is 10.9 Å². The molecule has 0 saturated carbocycles. The van der Waals surface area contributed by atoms with Crippen LogP contribution in [-0.2, 0) is 6.42 Å². The second-order valence-electron chi connectivity index (χ2n) is 5.08. The van der Waals surface area contributed by atoms with Gasteiger partial charge < -0.3 is 10.5 Å². The molecule has 0 fully saturated rings. The Morgan fingerprint density at radius 3 is 2.67 bits per heavy atom. The number of hydrogen-bond acceptors (Lipinski definition) is 4. The van der Waals surface area contributed by atoms with Gasteiger partial charge in [0.2, 0.25) is 5.88 Å². The lowest BCUT2D eigenvalue weighted by Gasteiger charge is -2.12. The third-order valence-corrected chi connectivity index (χ3v) is 3.19. The minimum atomic E-state index is 0.0576. The number of fused-ring (bicyclic) bond motifs is 1. The van der Waals surface area contributed by atoms with Gasteiger partial charge in [-0.25, -0.2) is 4.98 Å². The van der Waals surface area contributed by atoms with Gasteiger partial charge in [0.25, 0.3) is 0 Å². The molecule has 0 aliphatic carbocycles. The molecule has 1 atom stereocenters. The molecule has 4 heteroatoms. The van der Waals surface area contributed by atoms with E-state index in [1.807, 2.05) is 49.4 Å². The fraction of sp³-hybridized carbons (Fsp3) is 0.176. The zero-order chi connectivity index (χ0) is 14.7. The molecule has 0 aliphatic rings. The van der Waals surface area contributed by atoms with Crippen LogP contribution in [0.5, 0.6) is 11.6 Å². The van der Waals surface area contributed by atoms with Crippen molar-refractivity contribution in [1.82, 2.24) is 9.97 Å². The highest BCUT2D eigenvalue weighted by Crippen LogP contribution is 2.29. The first-order valence-corrected chi connectivity index (χ1v) is 6.95. The molecule has 106 valence electrons. The Morgan fingerprint density at radius 2 is 1.81 bits per heavy atom. The van der Waals surface area contributed by atoms with Gasteiger partial charge >= 0.3 is 0 Å². The van der Waals surface area contributed by atoms with Gasteiger partial charge in [-0.15, -0.1) is 0 Å². The van der Waals surface area contributed by atoms with E-state index in [2.05, 4.69) is 9.97 Å². The third kappa shape index (κ3) is 3.01. The van der Waals surface area contributed by atoms with Crippen LogP contribution in [0.2, 0.25) is 0 Å². The lowest BCUT2D eigenvalue weighted by atomic mass is 10.1. The Labute approximate surface area is 123 Å². The van der Waals surface area contributed by atoms with Gasteiger partial charge in [0.15, 0.2) is 5.75 Å². The molecule has 2 heterocycles. The molecule has 0 radical (unpaired) electrons. The summed E-state index contributed by atoms with van der Waals surface area (Å²) in [5.74, 6) is 1.30. The molecule has 21 heavy (non-hydrogen) atoms. The van der Waals surface area contributed by atoms with E-state index in [-0.39, 0.29) is 6.04 Å². The van der Waals surface area contributed by atoms with Crippen molar-refractivity contribution >= 4 is 10.9 Å². The standard InChI is InChI=1S/C17H17N3O/c1-12(18)11-14-7-4-10-20-17(14)21-15-8-2-5-13-6-3-9-19-16(13)15/h2-10,12H,11,18H2,1H3. The summed E-state index contributed by atoms with van der Waals surface area (Å²) in [5, 5.41) is 1.04. The normalized spacial score (nSPS) is 12.3. The minimum Gasteiger partial charge on any atom is -0.436 e. The van der Waals surface area contributed by atoms with Crippen molar-refractivity contribution in [3.63, 3.8) is 0 Å². The first kappa shape index (κ1) is 13.5. The van der Waals surface area contributed by atoms with Crippen LogP contribution in [0.1, 0.15) is 12.5 Å². The van der Waals surface area contributed by atoms with Crippen LogP contribution >= 0.6 is 0 Å². The second kappa shape index (κ2) is 5.89. The Kier molecular flexibility index (Phi) is 3.79. The van der Waals surface area contributed by atoms with E-state index in [1.54, 1.807) is 12.4 Å². The van der Waals surface area contributed by atoms with Crippen molar-refractivity contribution < 1.29 is 4.74 Å². The number of ether oxygens (including phenoxy) is 1. The van der Waals surface area contributed by atoms with Gasteiger partial charge in [-0.1, -0.05) is 24.3 Å². The molecule has 2 N–H and O–H groups in total. The average molecular weight is 279 g/mol. The molecule has 3 rings (SSSR count). The van der Waals surface area contributed by atoms with Crippen molar-refractivity contribution in [2.24, 2.45) is 5.73 Å². The van der Waals surface area contributed by atoms with Crippen molar-refractivity contribution in [3.8, 4) is 11.6 Å². The Morgan fingerprint density at radius 1 is 1.05 bits per heavy atom. The molecular formula is C17H17N3O. The van der Waals surface area contributed by atoms with Gasteiger partial charge in [-0.2, -0.15) is 0 Å². The summed E-state index contributed by atoms with van der Waals surface area (Å²) in [7, 11) is 0. The molecule has 4 nitrogen and oxygen atoms in total. The molecule has 0 bridgehead atoms.